The molecule has 6 nitrogen and oxygen atoms in total. The van der Waals surface area contributed by atoms with Gasteiger partial charge in [-0.05, 0) is 5.56 Å². The first-order valence-electron chi connectivity index (χ1n) is 5.72. The van der Waals surface area contributed by atoms with E-state index in [4.69, 9.17) is 11.5 Å². The largest absolute Gasteiger partial charge is 0.370 e. The SMILES string of the molecule is Cl.NC(N)=NCCc1cn(Cc2ccccc2)nn1. The molecule has 2 aromatic rings. The Hall–Kier alpha value is -2.08. The minimum Gasteiger partial charge on any atom is -0.370 e. The Labute approximate surface area is 117 Å². The van der Waals surface area contributed by atoms with Crippen LogP contribution < -0.4 is 11.5 Å². The number of halogens is 1. The zero-order valence-corrected chi connectivity index (χ0v) is 11.3. The third kappa shape index (κ3) is 4.97. The van der Waals surface area contributed by atoms with Gasteiger partial charge in [0.2, 0.25) is 0 Å². The zero-order valence-electron chi connectivity index (χ0n) is 10.4. The van der Waals surface area contributed by atoms with Crippen LogP contribution in [0.3, 0.4) is 0 Å². The van der Waals surface area contributed by atoms with Crippen molar-refractivity contribution in [3.05, 3.63) is 47.8 Å². The molecule has 102 valence electrons. The Morgan fingerprint density at radius 2 is 1.95 bits per heavy atom. The first-order chi connectivity index (χ1) is 8.74. The monoisotopic (exact) mass is 280 g/mol. The molecule has 4 N–H and O–H groups in total. The summed E-state index contributed by atoms with van der Waals surface area (Å²) in [6.45, 7) is 1.25. The molecule has 0 bridgehead atoms. The van der Waals surface area contributed by atoms with Crippen LogP contribution in [0.1, 0.15) is 11.3 Å². The fourth-order valence-electron chi connectivity index (χ4n) is 1.60. The summed E-state index contributed by atoms with van der Waals surface area (Å²) < 4.78 is 1.81. The smallest absolute Gasteiger partial charge is 0.185 e. The van der Waals surface area contributed by atoms with Crippen LogP contribution in [0.15, 0.2) is 41.5 Å². The van der Waals surface area contributed by atoms with Gasteiger partial charge < -0.3 is 11.5 Å². The Morgan fingerprint density at radius 3 is 2.63 bits per heavy atom. The highest BCUT2D eigenvalue weighted by molar-refractivity contribution is 5.85. The van der Waals surface area contributed by atoms with E-state index in [0.717, 1.165) is 12.2 Å². The molecule has 0 amide bonds. The number of aliphatic imine (C=N–C) groups is 1. The van der Waals surface area contributed by atoms with Crippen molar-refractivity contribution in [2.75, 3.05) is 6.54 Å². The molecule has 19 heavy (non-hydrogen) atoms. The third-order valence-corrected chi connectivity index (χ3v) is 2.44. The van der Waals surface area contributed by atoms with Crippen molar-refractivity contribution in [3.8, 4) is 0 Å². The molecule has 1 aromatic carbocycles. The molecule has 0 aliphatic heterocycles. The Kier molecular flexibility index (Phi) is 5.81. The van der Waals surface area contributed by atoms with Gasteiger partial charge in [0.1, 0.15) is 0 Å². The second kappa shape index (κ2) is 7.38. The predicted octanol–water partition coefficient (Wildman–Crippen LogP) is 0.564. The van der Waals surface area contributed by atoms with Gasteiger partial charge in [0, 0.05) is 19.2 Å². The summed E-state index contributed by atoms with van der Waals surface area (Å²) in [4.78, 5) is 3.91. The molecule has 0 aliphatic rings. The second-order valence-electron chi connectivity index (χ2n) is 3.95. The maximum Gasteiger partial charge on any atom is 0.185 e. The summed E-state index contributed by atoms with van der Waals surface area (Å²) >= 11 is 0. The Morgan fingerprint density at radius 1 is 1.21 bits per heavy atom. The highest BCUT2D eigenvalue weighted by atomic mass is 35.5. The lowest BCUT2D eigenvalue weighted by Gasteiger charge is -1.99. The summed E-state index contributed by atoms with van der Waals surface area (Å²) in [5.74, 6) is 0.103. The minimum atomic E-state index is 0. The third-order valence-electron chi connectivity index (χ3n) is 2.44. The average molecular weight is 281 g/mol. The van der Waals surface area contributed by atoms with Gasteiger partial charge in [0.05, 0.1) is 12.2 Å². The summed E-state index contributed by atoms with van der Waals surface area (Å²) in [5, 5.41) is 8.14. The maximum atomic E-state index is 5.25. The second-order valence-corrected chi connectivity index (χ2v) is 3.95. The molecule has 7 heteroatoms. The molecule has 1 aromatic heterocycles. The van der Waals surface area contributed by atoms with Gasteiger partial charge in [0.25, 0.3) is 0 Å². The number of rotatable bonds is 5. The molecule has 2 rings (SSSR count). The number of nitrogens with two attached hydrogens (primary N) is 2. The van der Waals surface area contributed by atoms with Gasteiger partial charge in [-0.2, -0.15) is 0 Å². The first kappa shape index (κ1) is 15.0. The van der Waals surface area contributed by atoms with Gasteiger partial charge in [-0.15, -0.1) is 17.5 Å². The maximum absolute atomic E-state index is 5.25. The van der Waals surface area contributed by atoms with E-state index in [9.17, 15) is 0 Å². The Bertz CT molecular complexity index is 518. The van der Waals surface area contributed by atoms with E-state index in [1.807, 2.05) is 24.4 Å². The lowest BCUT2D eigenvalue weighted by Crippen LogP contribution is -2.23. The van der Waals surface area contributed by atoms with Gasteiger partial charge >= 0.3 is 0 Å². The molecule has 0 saturated heterocycles. The molecule has 0 atom stereocenters. The van der Waals surface area contributed by atoms with Crippen LogP contribution in [0.2, 0.25) is 0 Å². The molecule has 0 radical (unpaired) electrons. The van der Waals surface area contributed by atoms with Gasteiger partial charge in [-0.25, -0.2) is 4.68 Å². The van der Waals surface area contributed by atoms with Crippen molar-refractivity contribution in [3.63, 3.8) is 0 Å². The quantitative estimate of drug-likeness (QED) is 0.618. The van der Waals surface area contributed by atoms with Crippen LogP contribution in [-0.2, 0) is 13.0 Å². The van der Waals surface area contributed by atoms with Crippen LogP contribution in [0, 0.1) is 0 Å². The number of aromatic nitrogens is 3. The van der Waals surface area contributed by atoms with E-state index in [1.165, 1.54) is 5.56 Å². The molecule has 0 spiro atoms. The number of nitrogens with zero attached hydrogens (tertiary/aromatic N) is 4. The van der Waals surface area contributed by atoms with Crippen molar-refractivity contribution >= 4 is 18.4 Å². The topological polar surface area (TPSA) is 95.1 Å². The van der Waals surface area contributed by atoms with E-state index >= 15 is 0 Å². The predicted molar refractivity (Wildman–Crippen MR) is 77.2 cm³/mol. The molecular weight excluding hydrogens is 264 g/mol. The van der Waals surface area contributed by atoms with E-state index in [2.05, 4.69) is 27.4 Å². The van der Waals surface area contributed by atoms with Crippen molar-refractivity contribution in [1.82, 2.24) is 15.0 Å². The number of guanidine groups is 1. The zero-order chi connectivity index (χ0) is 12.8. The number of hydrogen-bond donors (Lipinski definition) is 2. The number of benzene rings is 1. The highest BCUT2D eigenvalue weighted by Gasteiger charge is 2.01. The van der Waals surface area contributed by atoms with Gasteiger partial charge in [-0.3, -0.25) is 4.99 Å². The molecule has 0 saturated carbocycles. The van der Waals surface area contributed by atoms with Crippen molar-refractivity contribution in [2.45, 2.75) is 13.0 Å². The summed E-state index contributed by atoms with van der Waals surface area (Å²) in [5.41, 5.74) is 12.6. The van der Waals surface area contributed by atoms with E-state index in [-0.39, 0.29) is 18.4 Å². The van der Waals surface area contributed by atoms with Crippen LogP contribution in [0.5, 0.6) is 0 Å². The summed E-state index contributed by atoms with van der Waals surface area (Å²) in [7, 11) is 0. The van der Waals surface area contributed by atoms with Crippen LogP contribution >= 0.6 is 12.4 Å². The van der Waals surface area contributed by atoms with Crippen molar-refractivity contribution in [1.29, 1.82) is 0 Å². The van der Waals surface area contributed by atoms with Crippen LogP contribution in [0.25, 0.3) is 0 Å². The average Bonchev–Trinajstić information content (AvgIpc) is 2.78. The first-order valence-corrected chi connectivity index (χ1v) is 5.72. The normalized spacial score (nSPS) is 9.68. The highest BCUT2D eigenvalue weighted by Crippen LogP contribution is 2.02. The molecule has 0 fully saturated rings. The molecule has 1 heterocycles. The van der Waals surface area contributed by atoms with Crippen molar-refractivity contribution in [2.24, 2.45) is 16.5 Å². The van der Waals surface area contributed by atoms with E-state index in [0.29, 0.717) is 13.0 Å². The van der Waals surface area contributed by atoms with E-state index in [1.54, 1.807) is 4.68 Å². The fourth-order valence-corrected chi connectivity index (χ4v) is 1.60. The van der Waals surface area contributed by atoms with Crippen molar-refractivity contribution < 1.29 is 0 Å². The van der Waals surface area contributed by atoms with Gasteiger partial charge in [0.15, 0.2) is 5.96 Å². The lowest BCUT2D eigenvalue weighted by molar-refractivity contribution is 0.649. The molecular formula is C12H17ClN6. The lowest BCUT2D eigenvalue weighted by atomic mass is 10.2. The summed E-state index contributed by atoms with van der Waals surface area (Å²) in [6, 6.07) is 10.1. The molecule has 0 unspecified atom stereocenters. The van der Waals surface area contributed by atoms with Gasteiger partial charge in [-0.1, -0.05) is 35.5 Å². The standard InChI is InChI=1S/C12H16N6.ClH/c13-12(14)15-7-6-11-9-18(17-16-11)8-10-4-2-1-3-5-10;/h1-5,9H,6-8H2,(H4,13,14,15);1H. The molecule has 0 aliphatic carbocycles. The van der Waals surface area contributed by atoms with Crippen LogP contribution in [0.4, 0.5) is 0 Å². The van der Waals surface area contributed by atoms with Crippen LogP contribution in [-0.4, -0.2) is 27.5 Å². The fraction of sp³-hybridized carbons (Fsp3) is 0.250. The Balaban J connectivity index is 0.00000180. The number of hydrogen-bond acceptors (Lipinski definition) is 3. The summed E-state index contributed by atoms with van der Waals surface area (Å²) in [6.07, 6.45) is 2.60. The minimum absolute atomic E-state index is 0. The van der Waals surface area contributed by atoms with E-state index < -0.39 is 0 Å².